The van der Waals surface area contributed by atoms with E-state index in [1.165, 1.54) is 23.5 Å². The fourth-order valence-corrected chi connectivity index (χ4v) is 2.72. The fraction of sp³-hybridized carbons (Fsp3) is 0.0714. The summed E-state index contributed by atoms with van der Waals surface area (Å²) in [7, 11) is 0. The number of thiazole rings is 1. The van der Waals surface area contributed by atoms with Crippen LogP contribution in [0.15, 0.2) is 29.6 Å². The smallest absolute Gasteiger partial charge is 0.273 e. The topological polar surface area (TPSA) is 101 Å². The third-order valence-corrected chi connectivity index (χ3v) is 3.76. The number of primary amides is 1. The second-order valence-corrected chi connectivity index (χ2v) is 5.51. The number of hydrogen-bond acceptors (Lipinski definition) is 4. The maximum absolute atomic E-state index is 13.1. The Morgan fingerprint density at radius 2 is 2.18 bits per heavy atom. The molecule has 8 heteroatoms. The molecule has 0 saturated heterocycles. The minimum atomic E-state index is -0.485. The van der Waals surface area contributed by atoms with Crippen molar-refractivity contribution in [1.82, 2.24) is 9.97 Å². The first-order valence-electron chi connectivity index (χ1n) is 6.33. The molecule has 0 aliphatic rings. The summed E-state index contributed by atoms with van der Waals surface area (Å²) in [6, 6.07) is 5.79. The zero-order chi connectivity index (χ0) is 15.7. The van der Waals surface area contributed by atoms with Crippen LogP contribution in [0.3, 0.4) is 0 Å². The molecule has 6 nitrogen and oxygen atoms in total. The Labute approximate surface area is 128 Å². The van der Waals surface area contributed by atoms with E-state index in [2.05, 4.69) is 15.3 Å². The van der Waals surface area contributed by atoms with Crippen LogP contribution < -0.4 is 11.1 Å². The molecule has 0 bridgehead atoms. The first-order chi connectivity index (χ1) is 10.5. The van der Waals surface area contributed by atoms with Crippen molar-refractivity contribution in [3.63, 3.8) is 0 Å². The van der Waals surface area contributed by atoms with Gasteiger partial charge in [-0.1, -0.05) is 0 Å². The summed E-state index contributed by atoms with van der Waals surface area (Å²) < 4.78 is 13.1. The summed E-state index contributed by atoms with van der Waals surface area (Å²) in [4.78, 5) is 30.0. The number of carbonyl (C=O) groups excluding carboxylic acids is 2. The molecule has 0 aliphatic heterocycles. The standard InChI is InChI=1S/C14H11FN4O2S/c15-8-1-2-10-7(3-8)4-11(18-10)13(21)19-14-17-9(6-22-14)5-12(16)20/h1-4,6,18H,5H2,(H2,16,20)(H,17,19,21). The monoisotopic (exact) mass is 318 g/mol. The maximum Gasteiger partial charge on any atom is 0.273 e. The van der Waals surface area contributed by atoms with Crippen molar-refractivity contribution in [1.29, 1.82) is 0 Å². The average molecular weight is 318 g/mol. The summed E-state index contributed by atoms with van der Waals surface area (Å²) in [5.74, 6) is -1.24. The van der Waals surface area contributed by atoms with Crippen molar-refractivity contribution >= 4 is 39.2 Å². The van der Waals surface area contributed by atoms with E-state index in [9.17, 15) is 14.0 Å². The quantitative estimate of drug-likeness (QED) is 0.686. The SMILES string of the molecule is NC(=O)Cc1csc(NC(=O)c2cc3cc(F)ccc3[nH]2)n1. The lowest BCUT2D eigenvalue weighted by Gasteiger charge is -1.98. The van der Waals surface area contributed by atoms with Gasteiger partial charge in [0.25, 0.3) is 5.91 Å². The molecule has 0 saturated carbocycles. The van der Waals surface area contributed by atoms with Gasteiger partial charge in [0, 0.05) is 16.3 Å². The van der Waals surface area contributed by atoms with Crippen LogP contribution in [-0.4, -0.2) is 21.8 Å². The van der Waals surface area contributed by atoms with Gasteiger partial charge in [-0.05, 0) is 24.3 Å². The van der Waals surface area contributed by atoms with E-state index < -0.39 is 11.8 Å². The molecule has 0 aliphatic carbocycles. The van der Waals surface area contributed by atoms with E-state index in [4.69, 9.17) is 5.73 Å². The Kier molecular flexibility index (Phi) is 3.60. The number of anilines is 1. The summed E-state index contributed by atoms with van der Waals surface area (Å²) in [6.07, 6.45) is 0.0258. The van der Waals surface area contributed by atoms with Crippen molar-refractivity contribution in [2.24, 2.45) is 5.73 Å². The molecule has 3 rings (SSSR count). The van der Waals surface area contributed by atoms with E-state index in [1.54, 1.807) is 17.5 Å². The van der Waals surface area contributed by atoms with Gasteiger partial charge in [0.1, 0.15) is 11.5 Å². The lowest BCUT2D eigenvalue weighted by atomic mass is 10.2. The molecular weight excluding hydrogens is 307 g/mol. The van der Waals surface area contributed by atoms with Gasteiger partial charge < -0.3 is 10.7 Å². The van der Waals surface area contributed by atoms with Gasteiger partial charge in [-0.15, -0.1) is 11.3 Å². The van der Waals surface area contributed by atoms with Crippen molar-refractivity contribution in [3.05, 3.63) is 46.9 Å². The highest BCUT2D eigenvalue weighted by Gasteiger charge is 2.13. The minimum absolute atomic E-state index is 0.0258. The highest BCUT2D eigenvalue weighted by atomic mass is 32.1. The summed E-state index contributed by atoms with van der Waals surface area (Å²) in [5, 5.41) is 5.25. The Bertz CT molecular complexity index is 871. The first kappa shape index (κ1) is 14.2. The second kappa shape index (κ2) is 5.57. The van der Waals surface area contributed by atoms with Gasteiger partial charge in [0.2, 0.25) is 5.91 Å². The van der Waals surface area contributed by atoms with Crippen molar-refractivity contribution in [3.8, 4) is 0 Å². The van der Waals surface area contributed by atoms with Gasteiger partial charge in [-0.2, -0.15) is 0 Å². The third kappa shape index (κ3) is 2.96. The van der Waals surface area contributed by atoms with E-state index in [0.717, 1.165) is 0 Å². The molecule has 4 N–H and O–H groups in total. The minimum Gasteiger partial charge on any atom is -0.369 e. The molecule has 2 aromatic heterocycles. The van der Waals surface area contributed by atoms with Crippen LogP contribution in [0.2, 0.25) is 0 Å². The third-order valence-electron chi connectivity index (χ3n) is 2.95. The van der Waals surface area contributed by atoms with Crippen LogP contribution in [0.5, 0.6) is 0 Å². The number of amides is 2. The molecule has 0 fully saturated rings. The molecule has 1 aromatic carbocycles. The number of aromatic amines is 1. The average Bonchev–Trinajstić information content (AvgIpc) is 3.04. The van der Waals surface area contributed by atoms with Crippen molar-refractivity contribution in [2.45, 2.75) is 6.42 Å². The fourth-order valence-electron chi connectivity index (χ4n) is 2.01. The Morgan fingerprint density at radius 1 is 1.36 bits per heavy atom. The predicted molar refractivity (Wildman–Crippen MR) is 81.2 cm³/mol. The van der Waals surface area contributed by atoms with Crippen molar-refractivity contribution in [2.75, 3.05) is 5.32 Å². The normalized spacial score (nSPS) is 10.8. The van der Waals surface area contributed by atoms with Gasteiger partial charge in [-0.25, -0.2) is 9.37 Å². The Balaban J connectivity index is 1.77. The van der Waals surface area contributed by atoms with E-state index in [0.29, 0.717) is 27.4 Å². The van der Waals surface area contributed by atoms with E-state index >= 15 is 0 Å². The Morgan fingerprint density at radius 3 is 2.95 bits per heavy atom. The van der Waals surface area contributed by atoms with Gasteiger partial charge in [0.15, 0.2) is 5.13 Å². The van der Waals surface area contributed by atoms with E-state index in [-0.39, 0.29) is 12.2 Å². The molecule has 0 atom stereocenters. The lowest BCUT2D eigenvalue weighted by Crippen LogP contribution is -2.14. The van der Waals surface area contributed by atoms with Gasteiger partial charge in [0.05, 0.1) is 12.1 Å². The molecular formula is C14H11FN4O2S. The number of nitrogens with zero attached hydrogens (tertiary/aromatic N) is 1. The number of nitrogens with one attached hydrogen (secondary N) is 2. The molecule has 2 heterocycles. The number of carbonyl (C=O) groups is 2. The molecule has 3 aromatic rings. The molecule has 0 radical (unpaired) electrons. The molecule has 112 valence electrons. The zero-order valence-electron chi connectivity index (χ0n) is 11.2. The number of fused-ring (bicyclic) bond motifs is 1. The largest absolute Gasteiger partial charge is 0.369 e. The molecule has 22 heavy (non-hydrogen) atoms. The summed E-state index contributed by atoms with van der Waals surface area (Å²) in [5.41, 5.74) is 6.56. The molecule has 0 spiro atoms. The highest BCUT2D eigenvalue weighted by molar-refractivity contribution is 7.14. The maximum atomic E-state index is 13.1. The number of benzene rings is 1. The van der Waals surface area contributed by atoms with Gasteiger partial charge >= 0.3 is 0 Å². The number of rotatable bonds is 4. The van der Waals surface area contributed by atoms with Crippen LogP contribution in [0.25, 0.3) is 10.9 Å². The van der Waals surface area contributed by atoms with E-state index in [1.807, 2.05) is 0 Å². The molecule has 0 unspecified atom stereocenters. The number of H-pyrrole nitrogens is 1. The van der Waals surface area contributed by atoms with Gasteiger partial charge in [-0.3, -0.25) is 14.9 Å². The van der Waals surface area contributed by atoms with Crippen LogP contribution in [-0.2, 0) is 11.2 Å². The lowest BCUT2D eigenvalue weighted by molar-refractivity contribution is -0.117. The van der Waals surface area contributed by atoms with Crippen LogP contribution in [0.1, 0.15) is 16.2 Å². The second-order valence-electron chi connectivity index (χ2n) is 4.66. The number of halogens is 1. The van der Waals surface area contributed by atoms with Crippen LogP contribution in [0.4, 0.5) is 9.52 Å². The van der Waals surface area contributed by atoms with Crippen LogP contribution in [0, 0.1) is 5.82 Å². The van der Waals surface area contributed by atoms with Crippen molar-refractivity contribution < 1.29 is 14.0 Å². The predicted octanol–water partition coefficient (Wildman–Crippen LogP) is 2.04. The highest BCUT2D eigenvalue weighted by Crippen LogP contribution is 2.19. The Hall–Kier alpha value is -2.74. The summed E-state index contributed by atoms with van der Waals surface area (Å²) in [6.45, 7) is 0. The first-order valence-corrected chi connectivity index (χ1v) is 7.21. The zero-order valence-corrected chi connectivity index (χ0v) is 12.0. The number of hydrogen-bond donors (Lipinski definition) is 3. The summed E-state index contributed by atoms with van der Waals surface area (Å²) >= 11 is 1.20. The number of nitrogens with two attached hydrogens (primary N) is 1. The van der Waals surface area contributed by atoms with Crippen LogP contribution >= 0.6 is 11.3 Å². The number of aromatic nitrogens is 2. The molecule has 2 amide bonds.